The molecule has 0 radical (unpaired) electrons. The highest BCUT2D eigenvalue weighted by Crippen LogP contribution is 2.38. The number of nitrogens with one attached hydrogen (secondary N) is 2. The molecule has 7 nitrogen and oxygen atoms in total. The monoisotopic (exact) mass is 434 g/mol. The lowest BCUT2D eigenvalue weighted by Crippen LogP contribution is -2.16. The van der Waals surface area contributed by atoms with E-state index in [1.807, 2.05) is 24.3 Å². The van der Waals surface area contributed by atoms with Crippen molar-refractivity contribution in [3.8, 4) is 0 Å². The summed E-state index contributed by atoms with van der Waals surface area (Å²) in [5, 5.41) is 4.97. The molecule has 8 heteroatoms. The molecule has 164 valence electrons. The zero-order valence-electron chi connectivity index (χ0n) is 17.2. The largest absolute Gasteiger partial charge is 0.444 e. The van der Waals surface area contributed by atoms with Gasteiger partial charge in [-0.2, -0.15) is 0 Å². The van der Waals surface area contributed by atoms with Crippen LogP contribution in [-0.2, 0) is 11.3 Å². The summed E-state index contributed by atoms with van der Waals surface area (Å²) < 4.78 is 19.6. The molecule has 3 aromatic rings. The summed E-state index contributed by atoms with van der Waals surface area (Å²) in [6, 6.07) is 18.4. The van der Waals surface area contributed by atoms with Crippen molar-refractivity contribution in [1.82, 2.24) is 0 Å². The Kier molecular flexibility index (Phi) is 6.04. The predicted octanol–water partition coefficient (Wildman–Crippen LogP) is 4.22. The van der Waals surface area contributed by atoms with Gasteiger partial charge in [-0.15, -0.1) is 0 Å². The first kappa shape index (κ1) is 21.3. The van der Waals surface area contributed by atoms with Crippen molar-refractivity contribution in [2.75, 3.05) is 16.4 Å². The summed E-state index contributed by atoms with van der Waals surface area (Å²) in [5.74, 6) is -0.876. The van der Waals surface area contributed by atoms with E-state index in [1.165, 1.54) is 17.7 Å². The second kappa shape index (κ2) is 9.07. The van der Waals surface area contributed by atoms with E-state index in [-0.39, 0.29) is 23.9 Å². The van der Waals surface area contributed by atoms with Gasteiger partial charge in [0.05, 0.1) is 17.1 Å². The van der Waals surface area contributed by atoms with Crippen molar-refractivity contribution in [2.24, 2.45) is 5.73 Å². The summed E-state index contributed by atoms with van der Waals surface area (Å²) in [7, 11) is 0. The molecule has 1 fully saturated rings. The summed E-state index contributed by atoms with van der Waals surface area (Å²) >= 11 is 0. The maximum absolute atomic E-state index is 14.4. The molecule has 3 aromatic carbocycles. The lowest BCUT2D eigenvalue weighted by Gasteiger charge is -2.11. The number of ether oxygens (including phenoxy) is 1. The Labute approximate surface area is 184 Å². The predicted molar refractivity (Wildman–Crippen MR) is 121 cm³/mol. The second-order valence-corrected chi connectivity index (χ2v) is 7.68. The standard InChI is InChI=1S/C24H23FN4O3/c25-18-11-16(23(30)28-22-4-2-1-3-19(22)26)9-10-21(18)29-24(31)32-13-14-5-7-15(8-6-14)17-12-20(17)27/h1-11,17,20H,12-13,26-27H2,(H,28,30)(H,29,31). The fourth-order valence-corrected chi connectivity index (χ4v) is 3.32. The van der Waals surface area contributed by atoms with Crippen LogP contribution in [0.5, 0.6) is 0 Å². The number of carbonyl (C=O) groups excluding carboxylic acids is 2. The molecule has 4 rings (SSSR count). The average Bonchev–Trinajstić information content (AvgIpc) is 3.52. The van der Waals surface area contributed by atoms with Crippen molar-refractivity contribution in [1.29, 1.82) is 0 Å². The van der Waals surface area contributed by atoms with E-state index >= 15 is 0 Å². The lowest BCUT2D eigenvalue weighted by molar-refractivity contribution is 0.102. The molecule has 1 aliphatic rings. The first-order valence-corrected chi connectivity index (χ1v) is 10.1. The van der Waals surface area contributed by atoms with E-state index < -0.39 is 17.8 Å². The van der Waals surface area contributed by atoms with Gasteiger partial charge >= 0.3 is 6.09 Å². The van der Waals surface area contributed by atoms with Crippen LogP contribution in [0.3, 0.4) is 0 Å². The second-order valence-electron chi connectivity index (χ2n) is 7.68. The molecule has 0 heterocycles. The van der Waals surface area contributed by atoms with Crippen LogP contribution in [0.2, 0.25) is 0 Å². The van der Waals surface area contributed by atoms with Crippen LogP contribution in [-0.4, -0.2) is 18.0 Å². The van der Waals surface area contributed by atoms with Gasteiger partial charge in [-0.05, 0) is 47.9 Å². The third-order valence-corrected chi connectivity index (χ3v) is 5.29. The van der Waals surface area contributed by atoms with Crippen LogP contribution in [0, 0.1) is 5.82 Å². The van der Waals surface area contributed by atoms with Crippen molar-refractivity contribution in [3.63, 3.8) is 0 Å². The molecule has 32 heavy (non-hydrogen) atoms. The van der Waals surface area contributed by atoms with Gasteiger partial charge in [-0.1, -0.05) is 36.4 Å². The minimum atomic E-state index is -0.800. The third-order valence-electron chi connectivity index (χ3n) is 5.29. The van der Waals surface area contributed by atoms with Crippen molar-refractivity contribution >= 4 is 29.1 Å². The number of hydrogen-bond donors (Lipinski definition) is 4. The first-order valence-electron chi connectivity index (χ1n) is 10.1. The van der Waals surface area contributed by atoms with Crippen molar-refractivity contribution in [3.05, 3.63) is 89.2 Å². The molecule has 1 saturated carbocycles. The molecule has 0 aliphatic heterocycles. The van der Waals surface area contributed by atoms with Gasteiger partial charge in [0.2, 0.25) is 0 Å². The summed E-state index contributed by atoms with van der Waals surface area (Å²) in [5.41, 5.74) is 14.4. The highest BCUT2D eigenvalue weighted by molar-refractivity contribution is 6.06. The SMILES string of the molecule is Nc1ccccc1NC(=O)c1ccc(NC(=O)OCc2ccc(C3CC3N)cc2)c(F)c1. The third kappa shape index (κ3) is 5.04. The molecular formula is C24H23FN4O3. The Hall–Kier alpha value is -3.91. The van der Waals surface area contributed by atoms with Crippen LogP contribution in [0.25, 0.3) is 0 Å². The van der Waals surface area contributed by atoms with E-state index in [4.69, 9.17) is 16.2 Å². The molecule has 6 N–H and O–H groups in total. The molecular weight excluding hydrogens is 411 g/mol. The minimum absolute atomic E-state index is 0.0451. The summed E-state index contributed by atoms with van der Waals surface area (Å²) in [4.78, 5) is 24.4. The molecule has 0 saturated heterocycles. The number of hydrogen-bond acceptors (Lipinski definition) is 5. The quantitative estimate of drug-likeness (QED) is 0.433. The van der Waals surface area contributed by atoms with E-state index in [2.05, 4.69) is 10.6 Å². The zero-order valence-corrected chi connectivity index (χ0v) is 17.2. The van der Waals surface area contributed by atoms with Crippen LogP contribution in [0.1, 0.15) is 33.8 Å². The summed E-state index contributed by atoms with van der Waals surface area (Å²) in [6.45, 7) is 0.0451. The Morgan fingerprint density at radius 2 is 1.72 bits per heavy atom. The van der Waals surface area contributed by atoms with Gasteiger partial charge in [0.25, 0.3) is 5.91 Å². The normalized spacial score (nSPS) is 16.8. The number of amides is 2. The van der Waals surface area contributed by atoms with E-state index in [0.717, 1.165) is 18.1 Å². The number of anilines is 3. The zero-order chi connectivity index (χ0) is 22.7. The van der Waals surface area contributed by atoms with Gasteiger partial charge in [0.15, 0.2) is 0 Å². The topological polar surface area (TPSA) is 119 Å². The maximum Gasteiger partial charge on any atom is 0.412 e. The fraction of sp³-hybridized carbons (Fsp3) is 0.167. The van der Waals surface area contributed by atoms with E-state index in [0.29, 0.717) is 17.3 Å². The van der Waals surface area contributed by atoms with Crippen molar-refractivity contribution < 1.29 is 18.7 Å². The number of nitrogens with two attached hydrogens (primary N) is 2. The van der Waals surface area contributed by atoms with Crippen LogP contribution < -0.4 is 22.1 Å². The number of para-hydroxylation sites is 2. The summed E-state index contributed by atoms with van der Waals surface area (Å²) in [6.07, 6.45) is 0.191. The average molecular weight is 434 g/mol. The van der Waals surface area contributed by atoms with Gasteiger partial charge in [0.1, 0.15) is 12.4 Å². The smallest absolute Gasteiger partial charge is 0.412 e. The highest BCUT2D eigenvalue weighted by atomic mass is 19.1. The Balaban J connectivity index is 1.31. The number of carbonyl (C=O) groups is 2. The Bertz CT molecular complexity index is 1150. The fourth-order valence-electron chi connectivity index (χ4n) is 3.32. The van der Waals surface area contributed by atoms with Gasteiger partial charge in [-0.25, -0.2) is 9.18 Å². The van der Waals surface area contributed by atoms with Crippen LogP contribution >= 0.6 is 0 Å². The Morgan fingerprint density at radius 3 is 2.38 bits per heavy atom. The molecule has 2 amide bonds. The molecule has 2 unspecified atom stereocenters. The number of rotatable bonds is 6. The molecule has 0 spiro atoms. The van der Waals surface area contributed by atoms with Gasteiger partial charge in [-0.3, -0.25) is 10.1 Å². The van der Waals surface area contributed by atoms with Gasteiger partial charge in [0, 0.05) is 17.5 Å². The Morgan fingerprint density at radius 1 is 1.00 bits per heavy atom. The minimum Gasteiger partial charge on any atom is -0.444 e. The number of benzene rings is 3. The number of nitrogen functional groups attached to an aromatic ring is 1. The van der Waals surface area contributed by atoms with E-state index in [1.54, 1.807) is 24.3 Å². The lowest BCUT2D eigenvalue weighted by atomic mass is 10.1. The molecule has 2 atom stereocenters. The molecule has 0 aromatic heterocycles. The highest BCUT2D eigenvalue weighted by Gasteiger charge is 2.34. The van der Waals surface area contributed by atoms with Crippen LogP contribution in [0.4, 0.5) is 26.2 Å². The van der Waals surface area contributed by atoms with Gasteiger partial charge < -0.3 is 21.5 Å². The number of halogens is 1. The van der Waals surface area contributed by atoms with E-state index in [9.17, 15) is 14.0 Å². The van der Waals surface area contributed by atoms with Crippen molar-refractivity contribution in [2.45, 2.75) is 25.0 Å². The molecule has 1 aliphatic carbocycles. The van der Waals surface area contributed by atoms with Crippen LogP contribution in [0.15, 0.2) is 66.7 Å². The maximum atomic E-state index is 14.4. The first-order chi connectivity index (χ1) is 15.4. The molecule has 0 bridgehead atoms.